The standard InChI is InChI=1S/C3H7NO.Be.2H/c1-4(2)3-5;;;/h3H,1-2H3;;;. The second-order valence-corrected chi connectivity index (χ2v) is 1.07. The topological polar surface area (TPSA) is 20.3 Å². The second kappa shape index (κ2) is 4.64. The van der Waals surface area contributed by atoms with Gasteiger partial charge in [0.05, 0.1) is 0 Å². The molecule has 0 aromatic carbocycles. The Balaban J connectivity index is 0. The first kappa shape index (κ1) is 9.16. The van der Waals surface area contributed by atoms with E-state index >= 15 is 0 Å². The molecular formula is C3H9BeNO. The van der Waals surface area contributed by atoms with Crippen LogP contribution in [0.1, 0.15) is 0 Å². The van der Waals surface area contributed by atoms with E-state index < -0.39 is 0 Å². The molecule has 0 N–H and O–H groups in total. The van der Waals surface area contributed by atoms with Crippen molar-refractivity contribution in [2.45, 2.75) is 0 Å². The third kappa shape index (κ3) is 9.43. The Morgan fingerprint density at radius 2 is 1.67 bits per heavy atom. The minimum atomic E-state index is 0. The summed E-state index contributed by atoms with van der Waals surface area (Å²) in [4.78, 5) is 10.9. The predicted molar refractivity (Wildman–Crippen MR) is 28.3 cm³/mol. The van der Waals surface area contributed by atoms with Gasteiger partial charge in [-0.3, -0.25) is 4.79 Å². The van der Waals surface area contributed by atoms with E-state index in [0.29, 0.717) is 0 Å². The van der Waals surface area contributed by atoms with E-state index in [1.54, 1.807) is 14.1 Å². The molecule has 0 aliphatic rings. The summed E-state index contributed by atoms with van der Waals surface area (Å²) in [6.07, 6.45) is 0.750. The predicted octanol–water partition coefficient (Wildman–Crippen LogP) is -1.21. The van der Waals surface area contributed by atoms with E-state index in [2.05, 4.69) is 0 Å². The molecule has 0 aromatic heterocycles. The van der Waals surface area contributed by atoms with E-state index in [1.165, 1.54) is 4.90 Å². The summed E-state index contributed by atoms with van der Waals surface area (Å²) in [6.45, 7) is 0. The monoisotopic (exact) mass is 84.1 g/mol. The van der Waals surface area contributed by atoms with Crippen molar-refractivity contribution < 1.29 is 4.79 Å². The van der Waals surface area contributed by atoms with Crippen LogP contribution in [0.25, 0.3) is 0 Å². The van der Waals surface area contributed by atoms with Gasteiger partial charge in [0.1, 0.15) is 0 Å². The van der Waals surface area contributed by atoms with Crippen LogP contribution in [-0.2, 0) is 4.79 Å². The van der Waals surface area contributed by atoms with E-state index in [9.17, 15) is 4.79 Å². The Morgan fingerprint density at radius 3 is 1.67 bits per heavy atom. The van der Waals surface area contributed by atoms with Gasteiger partial charge < -0.3 is 4.90 Å². The summed E-state index contributed by atoms with van der Waals surface area (Å²) in [7, 11) is 3.38. The van der Waals surface area contributed by atoms with Crippen molar-refractivity contribution in [1.82, 2.24) is 4.90 Å². The van der Waals surface area contributed by atoms with Crippen molar-refractivity contribution >= 4 is 16.5 Å². The average molecular weight is 84.1 g/mol. The maximum atomic E-state index is 9.43. The fraction of sp³-hybridized carbons (Fsp3) is 0.667. The number of carbonyl (C=O) groups excluding carboxylic acids is 1. The van der Waals surface area contributed by atoms with Crippen LogP contribution >= 0.6 is 0 Å². The van der Waals surface area contributed by atoms with E-state index in [-0.39, 0.29) is 10.1 Å². The van der Waals surface area contributed by atoms with Crippen molar-refractivity contribution in [2.24, 2.45) is 0 Å². The quantitative estimate of drug-likeness (QED) is 0.288. The Hall–Kier alpha value is -0.361. The molecule has 0 saturated heterocycles. The molecule has 0 aliphatic heterocycles. The molecule has 1 amide bonds. The summed E-state index contributed by atoms with van der Waals surface area (Å²) >= 11 is 0. The summed E-state index contributed by atoms with van der Waals surface area (Å²) in [5, 5.41) is 0. The van der Waals surface area contributed by atoms with Crippen LogP contribution in [0.2, 0.25) is 0 Å². The number of hydrogen-bond donors (Lipinski definition) is 0. The molecule has 2 nitrogen and oxygen atoms in total. The fourth-order valence-corrected chi connectivity index (χ4v) is 0. The van der Waals surface area contributed by atoms with Crippen molar-refractivity contribution in [3.05, 3.63) is 0 Å². The number of amides is 1. The molecule has 0 aromatic rings. The van der Waals surface area contributed by atoms with Crippen LogP contribution in [0, 0.1) is 0 Å². The van der Waals surface area contributed by atoms with Crippen LogP contribution < -0.4 is 0 Å². The van der Waals surface area contributed by atoms with Crippen molar-refractivity contribution in [2.75, 3.05) is 14.1 Å². The van der Waals surface area contributed by atoms with Gasteiger partial charge in [0.2, 0.25) is 6.41 Å². The Kier molecular flexibility index (Phi) is 7.08. The molecule has 0 radical (unpaired) electrons. The molecular weight excluding hydrogens is 75.1 g/mol. The first-order valence-electron chi connectivity index (χ1n) is 1.39. The molecule has 0 saturated carbocycles. The zero-order chi connectivity index (χ0) is 4.28. The minimum absolute atomic E-state index is 0. The molecule has 0 rings (SSSR count). The van der Waals surface area contributed by atoms with Crippen molar-refractivity contribution in [3.8, 4) is 0 Å². The molecule has 0 unspecified atom stereocenters. The van der Waals surface area contributed by atoms with E-state index in [4.69, 9.17) is 0 Å². The van der Waals surface area contributed by atoms with Crippen LogP contribution in [0.3, 0.4) is 0 Å². The molecule has 0 heterocycles. The fourth-order valence-electron chi connectivity index (χ4n) is 0. The van der Waals surface area contributed by atoms with Gasteiger partial charge >= 0.3 is 10.1 Å². The Bertz CT molecular complexity index is 37.8. The van der Waals surface area contributed by atoms with Gasteiger partial charge in [0.25, 0.3) is 0 Å². The molecule has 0 spiro atoms. The molecule has 0 bridgehead atoms. The molecule has 6 heavy (non-hydrogen) atoms. The van der Waals surface area contributed by atoms with Gasteiger partial charge in [-0.25, -0.2) is 0 Å². The molecule has 0 aliphatic carbocycles. The van der Waals surface area contributed by atoms with Crippen LogP contribution in [0.4, 0.5) is 0 Å². The van der Waals surface area contributed by atoms with Gasteiger partial charge in [0, 0.05) is 14.1 Å². The first-order valence-corrected chi connectivity index (χ1v) is 1.39. The molecule has 34 valence electrons. The normalized spacial score (nSPS) is 5.67. The third-order valence-corrected chi connectivity index (χ3v) is 0.211. The second-order valence-electron chi connectivity index (χ2n) is 1.07. The molecule has 0 atom stereocenters. The molecule has 0 fully saturated rings. The van der Waals surface area contributed by atoms with Gasteiger partial charge in [0.15, 0.2) is 0 Å². The Labute approximate surface area is 41.4 Å². The SMILES string of the molecule is CN(C)C=O.[BeH2]. The summed E-state index contributed by atoms with van der Waals surface area (Å²) in [6, 6.07) is 0. The van der Waals surface area contributed by atoms with E-state index in [1.807, 2.05) is 0 Å². The maximum absolute atomic E-state index is 9.43. The summed E-state index contributed by atoms with van der Waals surface area (Å²) < 4.78 is 0. The van der Waals surface area contributed by atoms with Crippen molar-refractivity contribution in [3.63, 3.8) is 0 Å². The summed E-state index contributed by atoms with van der Waals surface area (Å²) in [5.41, 5.74) is 0. The van der Waals surface area contributed by atoms with Gasteiger partial charge in [-0.15, -0.1) is 0 Å². The van der Waals surface area contributed by atoms with Crippen LogP contribution in [0.15, 0.2) is 0 Å². The van der Waals surface area contributed by atoms with Gasteiger partial charge in [-0.05, 0) is 0 Å². The third-order valence-electron chi connectivity index (χ3n) is 0.211. The Morgan fingerprint density at radius 1 is 1.50 bits per heavy atom. The van der Waals surface area contributed by atoms with Gasteiger partial charge in [-0.2, -0.15) is 0 Å². The number of nitrogens with zero attached hydrogens (tertiary/aromatic N) is 1. The number of carbonyl (C=O) groups is 1. The van der Waals surface area contributed by atoms with Crippen LogP contribution in [-0.4, -0.2) is 35.5 Å². The zero-order valence-corrected chi connectivity index (χ0v) is 3.43. The van der Waals surface area contributed by atoms with Crippen LogP contribution in [0.5, 0.6) is 0 Å². The zero-order valence-electron chi connectivity index (χ0n) is 3.43. The summed E-state index contributed by atoms with van der Waals surface area (Å²) in [5.74, 6) is 0. The molecule has 3 heteroatoms. The first-order chi connectivity index (χ1) is 2.27. The number of hydrogen-bond acceptors (Lipinski definition) is 1. The van der Waals surface area contributed by atoms with Crippen molar-refractivity contribution in [1.29, 1.82) is 0 Å². The number of rotatable bonds is 1. The van der Waals surface area contributed by atoms with Gasteiger partial charge in [-0.1, -0.05) is 0 Å². The average Bonchev–Trinajstić information content (AvgIpc) is 1.38. The van der Waals surface area contributed by atoms with E-state index in [0.717, 1.165) is 6.41 Å².